The standard InChI is InChI=1S/C19H16O6/c1-22-13-6-4-11(16(10-13)23-2)9-17-18(20)14-8-12(19(21)24-3)5-7-15(14)25-17/h4-10H,1-3H3. The molecule has 6 nitrogen and oxygen atoms in total. The molecule has 0 radical (unpaired) electrons. The summed E-state index contributed by atoms with van der Waals surface area (Å²) in [4.78, 5) is 24.2. The molecule has 6 heteroatoms. The fourth-order valence-electron chi connectivity index (χ4n) is 2.51. The van der Waals surface area contributed by atoms with Crippen molar-refractivity contribution in [2.75, 3.05) is 21.3 Å². The highest BCUT2D eigenvalue weighted by Gasteiger charge is 2.28. The molecule has 0 N–H and O–H groups in total. The van der Waals surface area contributed by atoms with Crippen LogP contribution in [0, 0.1) is 0 Å². The van der Waals surface area contributed by atoms with E-state index in [1.807, 2.05) is 0 Å². The van der Waals surface area contributed by atoms with Gasteiger partial charge in [0.1, 0.15) is 17.2 Å². The van der Waals surface area contributed by atoms with Gasteiger partial charge < -0.3 is 18.9 Å². The number of hydrogen-bond donors (Lipinski definition) is 0. The van der Waals surface area contributed by atoms with Crippen LogP contribution in [0.25, 0.3) is 6.08 Å². The highest BCUT2D eigenvalue weighted by atomic mass is 16.5. The van der Waals surface area contributed by atoms with Crippen molar-refractivity contribution in [1.29, 1.82) is 0 Å². The Hall–Kier alpha value is -3.28. The molecule has 1 aliphatic heterocycles. The molecular weight excluding hydrogens is 324 g/mol. The largest absolute Gasteiger partial charge is 0.497 e. The second-order valence-corrected chi connectivity index (χ2v) is 5.25. The van der Waals surface area contributed by atoms with E-state index >= 15 is 0 Å². The van der Waals surface area contributed by atoms with E-state index < -0.39 is 5.97 Å². The number of ketones is 1. The van der Waals surface area contributed by atoms with Crippen molar-refractivity contribution in [2.24, 2.45) is 0 Å². The average Bonchev–Trinajstić information content (AvgIpc) is 2.96. The van der Waals surface area contributed by atoms with Crippen LogP contribution in [0.5, 0.6) is 17.2 Å². The second-order valence-electron chi connectivity index (χ2n) is 5.25. The normalized spacial score (nSPS) is 14.0. The fraction of sp³-hybridized carbons (Fsp3) is 0.158. The quantitative estimate of drug-likeness (QED) is 0.629. The molecule has 1 heterocycles. The lowest BCUT2D eigenvalue weighted by Crippen LogP contribution is -2.03. The first-order valence-corrected chi connectivity index (χ1v) is 7.46. The highest BCUT2D eigenvalue weighted by molar-refractivity contribution is 6.15. The van der Waals surface area contributed by atoms with Gasteiger partial charge in [0.25, 0.3) is 0 Å². The molecule has 0 unspecified atom stereocenters. The molecule has 3 rings (SSSR count). The molecule has 0 fully saturated rings. The number of ether oxygens (including phenoxy) is 4. The Morgan fingerprint density at radius 1 is 1.04 bits per heavy atom. The van der Waals surface area contributed by atoms with Crippen molar-refractivity contribution in [1.82, 2.24) is 0 Å². The molecule has 2 aromatic rings. The van der Waals surface area contributed by atoms with E-state index in [-0.39, 0.29) is 11.5 Å². The Labute approximate surface area is 144 Å². The van der Waals surface area contributed by atoms with Crippen LogP contribution < -0.4 is 14.2 Å². The summed E-state index contributed by atoms with van der Waals surface area (Å²) in [6.45, 7) is 0. The second kappa shape index (κ2) is 6.68. The van der Waals surface area contributed by atoms with Crippen LogP contribution in [0.15, 0.2) is 42.2 Å². The molecule has 2 aromatic carbocycles. The highest BCUT2D eigenvalue weighted by Crippen LogP contribution is 2.34. The number of carbonyl (C=O) groups is 2. The van der Waals surface area contributed by atoms with Gasteiger partial charge in [-0.3, -0.25) is 4.79 Å². The molecule has 25 heavy (non-hydrogen) atoms. The number of hydrogen-bond acceptors (Lipinski definition) is 6. The minimum absolute atomic E-state index is 0.153. The number of methoxy groups -OCH3 is 3. The number of esters is 1. The first-order chi connectivity index (χ1) is 12.1. The van der Waals surface area contributed by atoms with Gasteiger partial charge in [-0.25, -0.2) is 4.79 Å². The maximum atomic E-state index is 12.6. The van der Waals surface area contributed by atoms with Crippen molar-refractivity contribution < 1.29 is 28.5 Å². The van der Waals surface area contributed by atoms with Gasteiger partial charge in [-0.2, -0.15) is 0 Å². The van der Waals surface area contributed by atoms with Crippen molar-refractivity contribution >= 4 is 17.8 Å². The van der Waals surface area contributed by atoms with Crippen LogP contribution in [-0.4, -0.2) is 33.1 Å². The number of fused-ring (bicyclic) bond motifs is 1. The van der Waals surface area contributed by atoms with Gasteiger partial charge in [0.05, 0.1) is 32.5 Å². The Kier molecular flexibility index (Phi) is 4.43. The predicted molar refractivity (Wildman–Crippen MR) is 90.3 cm³/mol. The third kappa shape index (κ3) is 3.06. The van der Waals surface area contributed by atoms with Gasteiger partial charge in [0.15, 0.2) is 5.76 Å². The molecule has 0 aromatic heterocycles. The van der Waals surface area contributed by atoms with Gasteiger partial charge in [0.2, 0.25) is 5.78 Å². The predicted octanol–water partition coefficient (Wildman–Crippen LogP) is 3.11. The topological polar surface area (TPSA) is 71.1 Å². The molecule has 128 valence electrons. The summed E-state index contributed by atoms with van der Waals surface area (Å²) >= 11 is 0. The maximum absolute atomic E-state index is 12.6. The minimum Gasteiger partial charge on any atom is -0.497 e. The van der Waals surface area contributed by atoms with Crippen LogP contribution in [-0.2, 0) is 4.74 Å². The zero-order chi connectivity index (χ0) is 18.0. The molecule has 0 spiro atoms. The van der Waals surface area contributed by atoms with Crippen LogP contribution in [0.1, 0.15) is 26.3 Å². The van der Waals surface area contributed by atoms with Crippen molar-refractivity contribution in [2.45, 2.75) is 0 Å². The lowest BCUT2D eigenvalue weighted by molar-refractivity contribution is 0.0600. The van der Waals surface area contributed by atoms with Crippen molar-refractivity contribution in [3.63, 3.8) is 0 Å². The number of benzene rings is 2. The van der Waals surface area contributed by atoms with E-state index in [9.17, 15) is 9.59 Å². The molecule has 0 aliphatic carbocycles. The van der Waals surface area contributed by atoms with Crippen LogP contribution in [0.4, 0.5) is 0 Å². The zero-order valence-electron chi connectivity index (χ0n) is 14.0. The van der Waals surface area contributed by atoms with Gasteiger partial charge in [-0.1, -0.05) is 0 Å². The lowest BCUT2D eigenvalue weighted by atomic mass is 10.1. The van der Waals surface area contributed by atoms with Crippen molar-refractivity contribution in [3.05, 3.63) is 58.8 Å². The van der Waals surface area contributed by atoms with Crippen LogP contribution >= 0.6 is 0 Å². The Balaban J connectivity index is 1.96. The zero-order valence-corrected chi connectivity index (χ0v) is 14.0. The number of rotatable bonds is 4. The fourth-order valence-corrected chi connectivity index (χ4v) is 2.51. The van der Waals surface area contributed by atoms with Crippen LogP contribution in [0.3, 0.4) is 0 Å². The van der Waals surface area contributed by atoms with E-state index in [1.165, 1.54) is 20.3 Å². The summed E-state index contributed by atoms with van der Waals surface area (Å²) in [6, 6.07) is 9.84. The smallest absolute Gasteiger partial charge is 0.337 e. The number of allylic oxidation sites excluding steroid dienone is 1. The molecule has 0 amide bonds. The monoisotopic (exact) mass is 340 g/mol. The van der Waals surface area contributed by atoms with E-state index in [2.05, 4.69) is 4.74 Å². The summed E-state index contributed by atoms with van der Waals surface area (Å²) in [5.41, 5.74) is 1.29. The van der Waals surface area contributed by atoms with E-state index in [1.54, 1.807) is 43.5 Å². The molecular formula is C19H16O6. The molecule has 1 aliphatic rings. The Morgan fingerprint density at radius 2 is 1.84 bits per heavy atom. The molecule has 0 saturated heterocycles. The molecule has 0 saturated carbocycles. The maximum Gasteiger partial charge on any atom is 0.337 e. The van der Waals surface area contributed by atoms with E-state index in [0.717, 1.165) is 0 Å². The Morgan fingerprint density at radius 3 is 2.52 bits per heavy atom. The van der Waals surface area contributed by atoms with Crippen molar-refractivity contribution in [3.8, 4) is 17.2 Å². The summed E-state index contributed by atoms with van der Waals surface area (Å²) in [6.07, 6.45) is 1.60. The first kappa shape index (κ1) is 16.6. The number of Topliss-reactive ketones (excluding diaryl/α,β-unsaturated/α-hetero) is 1. The third-order valence-corrected chi connectivity index (χ3v) is 3.82. The molecule has 0 bridgehead atoms. The average molecular weight is 340 g/mol. The van der Waals surface area contributed by atoms with E-state index in [4.69, 9.17) is 14.2 Å². The van der Waals surface area contributed by atoms with Gasteiger partial charge >= 0.3 is 5.97 Å². The summed E-state index contributed by atoms with van der Waals surface area (Å²) in [5.74, 6) is 0.929. The van der Waals surface area contributed by atoms with Gasteiger partial charge in [0, 0.05) is 11.6 Å². The minimum atomic E-state index is -0.509. The summed E-state index contributed by atoms with van der Waals surface area (Å²) in [5, 5.41) is 0. The summed E-state index contributed by atoms with van der Waals surface area (Å²) in [7, 11) is 4.38. The van der Waals surface area contributed by atoms with Crippen LogP contribution in [0.2, 0.25) is 0 Å². The number of carbonyl (C=O) groups excluding carboxylic acids is 2. The van der Waals surface area contributed by atoms with E-state index in [0.29, 0.717) is 33.9 Å². The molecule has 0 atom stereocenters. The third-order valence-electron chi connectivity index (χ3n) is 3.82. The first-order valence-electron chi connectivity index (χ1n) is 7.46. The van der Waals surface area contributed by atoms with Gasteiger partial charge in [-0.05, 0) is 36.4 Å². The summed E-state index contributed by atoms with van der Waals surface area (Å²) < 4.78 is 20.8. The SMILES string of the molecule is COC(=O)c1ccc2c(c1)C(=O)C(=Cc1ccc(OC)cc1OC)O2. The van der Waals surface area contributed by atoms with Gasteiger partial charge in [-0.15, -0.1) is 0 Å². The Bertz CT molecular complexity index is 881. The lowest BCUT2D eigenvalue weighted by Gasteiger charge is -2.07.